The molecule has 4 aromatic rings. The van der Waals surface area contributed by atoms with Gasteiger partial charge in [-0.15, -0.1) is 0 Å². The molecular weight excluding hydrogens is 427 g/mol. The molecule has 6 nitrogen and oxygen atoms in total. The van der Waals surface area contributed by atoms with Crippen LogP contribution in [0.15, 0.2) is 65.3 Å². The molecule has 2 heterocycles. The highest BCUT2D eigenvalue weighted by Gasteiger charge is 2.13. The van der Waals surface area contributed by atoms with Crippen molar-refractivity contribution in [2.24, 2.45) is 0 Å². The number of benzene rings is 2. The van der Waals surface area contributed by atoms with Crippen LogP contribution in [0, 0.1) is 5.82 Å². The molecule has 0 aliphatic heterocycles. The minimum Gasteiger partial charge on any atom is -0.478 e. The number of carbonyl (C=O) groups is 1. The summed E-state index contributed by atoms with van der Waals surface area (Å²) in [4.78, 5) is 15.5. The zero-order valence-electron chi connectivity index (χ0n) is 14.4. The Morgan fingerprint density at radius 1 is 1.18 bits per heavy atom. The smallest absolute Gasteiger partial charge is 0.335 e. The van der Waals surface area contributed by atoms with E-state index in [9.17, 15) is 9.18 Å². The number of fused-ring (bicyclic) bond motifs is 1. The number of nitrogens with one attached hydrogen (secondary N) is 1. The van der Waals surface area contributed by atoms with Gasteiger partial charge in [0.05, 0.1) is 21.9 Å². The number of halogens is 2. The Morgan fingerprint density at radius 2 is 1.93 bits per heavy atom. The molecule has 28 heavy (non-hydrogen) atoms. The molecule has 0 unspecified atom stereocenters. The Kier molecular flexibility index (Phi) is 4.79. The summed E-state index contributed by atoms with van der Waals surface area (Å²) in [7, 11) is 0. The van der Waals surface area contributed by atoms with E-state index in [-0.39, 0.29) is 11.4 Å². The minimum absolute atomic E-state index is 0.230. The monoisotopic (exact) mass is 440 g/mol. The molecular formula is C20H14BrFN4O2. The van der Waals surface area contributed by atoms with Crippen LogP contribution in [0.2, 0.25) is 0 Å². The van der Waals surface area contributed by atoms with Gasteiger partial charge >= 0.3 is 5.97 Å². The second-order valence-corrected chi connectivity index (χ2v) is 6.94. The average molecular weight is 441 g/mol. The molecule has 0 aliphatic carbocycles. The van der Waals surface area contributed by atoms with E-state index in [1.807, 2.05) is 0 Å². The molecule has 2 N–H and O–H groups in total. The van der Waals surface area contributed by atoms with Crippen LogP contribution in [-0.2, 0) is 6.54 Å². The van der Waals surface area contributed by atoms with Crippen molar-refractivity contribution in [3.8, 4) is 11.3 Å². The van der Waals surface area contributed by atoms with E-state index in [2.05, 4.69) is 31.3 Å². The molecule has 8 heteroatoms. The second kappa shape index (κ2) is 7.40. The van der Waals surface area contributed by atoms with Crippen molar-refractivity contribution in [3.05, 3.63) is 82.2 Å². The maximum Gasteiger partial charge on any atom is 0.335 e. The van der Waals surface area contributed by atoms with Gasteiger partial charge in [0.1, 0.15) is 11.6 Å². The number of anilines is 1. The second-order valence-electron chi connectivity index (χ2n) is 6.09. The lowest BCUT2D eigenvalue weighted by Gasteiger charge is -2.11. The van der Waals surface area contributed by atoms with Gasteiger partial charge in [-0.2, -0.15) is 9.61 Å². The molecule has 0 aliphatic rings. The van der Waals surface area contributed by atoms with Crippen LogP contribution in [0.5, 0.6) is 0 Å². The normalized spacial score (nSPS) is 10.9. The first-order valence-corrected chi connectivity index (χ1v) is 9.17. The summed E-state index contributed by atoms with van der Waals surface area (Å²) >= 11 is 3.42. The fraction of sp³-hybridized carbons (Fsp3) is 0.0500. The predicted octanol–water partition coefficient (Wildman–Crippen LogP) is 4.61. The van der Waals surface area contributed by atoms with Crippen LogP contribution in [0.3, 0.4) is 0 Å². The third-order valence-electron chi connectivity index (χ3n) is 4.25. The van der Waals surface area contributed by atoms with Crippen LogP contribution < -0.4 is 5.32 Å². The first-order valence-electron chi connectivity index (χ1n) is 8.38. The number of nitrogens with zero attached hydrogens (tertiary/aromatic N) is 3. The maximum atomic E-state index is 14.2. The van der Waals surface area contributed by atoms with Crippen LogP contribution in [0.4, 0.5) is 10.2 Å². The molecule has 0 atom stereocenters. The molecule has 140 valence electrons. The Labute approximate surface area is 167 Å². The molecule has 2 aromatic heterocycles. The molecule has 0 amide bonds. The quantitative estimate of drug-likeness (QED) is 0.473. The number of carboxylic acids is 1. The van der Waals surface area contributed by atoms with Gasteiger partial charge in [-0.25, -0.2) is 14.2 Å². The number of hydrogen-bond acceptors (Lipinski definition) is 4. The SMILES string of the molecule is O=C(O)c1ccc(CNc2cc(-c3ccccc3F)nc3c(Br)cnn23)cc1. The Morgan fingerprint density at radius 3 is 2.64 bits per heavy atom. The van der Waals surface area contributed by atoms with Gasteiger partial charge < -0.3 is 10.4 Å². The number of hydrogen-bond donors (Lipinski definition) is 2. The van der Waals surface area contributed by atoms with Crippen LogP contribution in [0.25, 0.3) is 16.9 Å². The van der Waals surface area contributed by atoms with Gasteiger partial charge in [0.2, 0.25) is 0 Å². The van der Waals surface area contributed by atoms with Crippen molar-refractivity contribution >= 4 is 33.4 Å². The van der Waals surface area contributed by atoms with Gasteiger partial charge in [-0.05, 0) is 45.8 Å². The molecule has 0 spiro atoms. The fourth-order valence-electron chi connectivity index (χ4n) is 2.83. The lowest BCUT2D eigenvalue weighted by atomic mass is 10.1. The van der Waals surface area contributed by atoms with Crippen molar-refractivity contribution in [2.75, 3.05) is 5.32 Å². The average Bonchev–Trinajstić information content (AvgIpc) is 3.08. The van der Waals surface area contributed by atoms with E-state index in [0.29, 0.717) is 33.7 Å². The summed E-state index contributed by atoms with van der Waals surface area (Å²) in [5.41, 5.74) is 2.56. The van der Waals surface area contributed by atoms with Gasteiger partial charge in [0.15, 0.2) is 5.65 Å². The zero-order chi connectivity index (χ0) is 19.7. The van der Waals surface area contributed by atoms with E-state index < -0.39 is 5.97 Å². The standard InChI is InChI=1S/C20H14BrFN4O2/c21-15-11-24-26-18(23-10-12-5-7-13(8-6-12)20(27)28)9-17(25-19(15)26)14-3-1-2-4-16(14)22/h1-9,11,23H,10H2,(H,27,28). The molecule has 0 fully saturated rings. The summed E-state index contributed by atoms with van der Waals surface area (Å²) in [6.07, 6.45) is 1.63. The molecule has 0 saturated heterocycles. The zero-order valence-corrected chi connectivity index (χ0v) is 16.0. The number of carboxylic acid groups (broad SMARTS) is 1. The molecule has 2 aromatic carbocycles. The highest BCUT2D eigenvalue weighted by Crippen LogP contribution is 2.27. The highest BCUT2D eigenvalue weighted by atomic mass is 79.9. The number of aromatic carboxylic acids is 1. The predicted molar refractivity (Wildman–Crippen MR) is 107 cm³/mol. The van der Waals surface area contributed by atoms with Crippen molar-refractivity contribution in [1.82, 2.24) is 14.6 Å². The third kappa shape index (κ3) is 3.46. The molecule has 4 rings (SSSR count). The summed E-state index contributed by atoms with van der Waals surface area (Å²) in [5, 5.41) is 16.6. The minimum atomic E-state index is -0.966. The first-order chi connectivity index (χ1) is 13.5. The van der Waals surface area contributed by atoms with Crippen molar-refractivity contribution in [3.63, 3.8) is 0 Å². The van der Waals surface area contributed by atoms with Crippen molar-refractivity contribution < 1.29 is 14.3 Å². The Hall–Kier alpha value is -3.26. The topological polar surface area (TPSA) is 79.5 Å². The fourth-order valence-corrected chi connectivity index (χ4v) is 3.17. The summed E-state index contributed by atoms with van der Waals surface area (Å²) in [5.74, 6) is -0.687. The van der Waals surface area contributed by atoms with E-state index in [1.165, 1.54) is 6.07 Å². The summed E-state index contributed by atoms with van der Waals surface area (Å²) < 4.78 is 16.6. The Bertz CT molecular complexity index is 1170. The lowest BCUT2D eigenvalue weighted by Crippen LogP contribution is -2.07. The van der Waals surface area contributed by atoms with Gasteiger partial charge in [0, 0.05) is 18.2 Å². The number of rotatable bonds is 5. The summed E-state index contributed by atoms with van der Waals surface area (Å²) in [6, 6.07) is 14.8. The highest BCUT2D eigenvalue weighted by molar-refractivity contribution is 9.10. The van der Waals surface area contributed by atoms with Crippen molar-refractivity contribution in [2.45, 2.75) is 6.54 Å². The van der Waals surface area contributed by atoms with E-state index >= 15 is 0 Å². The van der Waals surface area contributed by atoms with Gasteiger partial charge in [-0.3, -0.25) is 0 Å². The van der Waals surface area contributed by atoms with Crippen LogP contribution in [0.1, 0.15) is 15.9 Å². The molecule has 0 bridgehead atoms. The van der Waals surface area contributed by atoms with Gasteiger partial charge in [0.25, 0.3) is 0 Å². The number of aromatic nitrogens is 3. The van der Waals surface area contributed by atoms with Crippen LogP contribution in [-0.4, -0.2) is 25.7 Å². The third-order valence-corrected chi connectivity index (χ3v) is 4.81. The Balaban J connectivity index is 1.69. The van der Waals surface area contributed by atoms with E-state index in [0.717, 1.165) is 5.56 Å². The first kappa shape index (κ1) is 18.1. The van der Waals surface area contributed by atoms with Gasteiger partial charge in [-0.1, -0.05) is 24.3 Å². The van der Waals surface area contributed by atoms with E-state index in [4.69, 9.17) is 5.11 Å². The maximum absolute atomic E-state index is 14.2. The molecule has 0 radical (unpaired) electrons. The van der Waals surface area contributed by atoms with Crippen LogP contribution >= 0.6 is 15.9 Å². The summed E-state index contributed by atoms with van der Waals surface area (Å²) in [6.45, 7) is 0.438. The lowest BCUT2D eigenvalue weighted by molar-refractivity contribution is 0.0697. The van der Waals surface area contributed by atoms with Crippen molar-refractivity contribution in [1.29, 1.82) is 0 Å². The molecule has 0 saturated carbocycles. The van der Waals surface area contributed by atoms with E-state index in [1.54, 1.807) is 59.2 Å². The largest absolute Gasteiger partial charge is 0.478 e.